The van der Waals surface area contributed by atoms with Crippen LogP contribution in [-0.4, -0.2) is 136 Å². The van der Waals surface area contributed by atoms with E-state index in [1.807, 2.05) is 13.8 Å². The van der Waals surface area contributed by atoms with Gasteiger partial charge in [-0.15, -0.1) is 0 Å². The first-order valence-electron chi connectivity index (χ1n) is 19.4. The number of rotatable bonds is 7. The molecule has 0 bridgehead atoms. The minimum Gasteiger partial charge on any atom is -0.508 e. The predicted molar refractivity (Wildman–Crippen MR) is 201 cm³/mol. The molecule has 0 aliphatic carbocycles. The Labute approximate surface area is 326 Å². The number of hydrogen-bond donors (Lipinski definition) is 8. The normalized spacial score (nSPS) is 27.7. The Hall–Kier alpha value is -5.26. The van der Waals surface area contributed by atoms with Crippen molar-refractivity contribution in [2.75, 3.05) is 32.8 Å². The molecule has 4 rings (SSSR count). The van der Waals surface area contributed by atoms with Crippen LogP contribution in [0.4, 0.5) is 0 Å². The largest absolute Gasteiger partial charge is 0.508 e. The van der Waals surface area contributed by atoms with Gasteiger partial charge in [0.25, 0.3) is 0 Å². The zero-order valence-corrected chi connectivity index (χ0v) is 32.5. The van der Waals surface area contributed by atoms with Crippen LogP contribution in [0.3, 0.4) is 0 Å². The summed E-state index contributed by atoms with van der Waals surface area (Å²) in [5.41, 5.74) is 0.574. The van der Waals surface area contributed by atoms with Crippen LogP contribution in [0.15, 0.2) is 24.3 Å². The Morgan fingerprint density at radius 1 is 0.643 bits per heavy atom. The third-order valence-corrected chi connectivity index (χ3v) is 10.9. The van der Waals surface area contributed by atoms with Gasteiger partial charge < -0.3 is 51.9 Å². The van der Waals surface area contributed by atoms with Gasteiger partial charge in [0.2, 0.25) is 47.3 Å². The number of nitrogens with zero attached hydrogens (tertiary/aromatic N) is 2. The molecule has 3 heterocycles. The number of hydrogen-bond acceptors (Lipinski definition) is 10. The number of aliphatic hydroxyl groups excluding tert-OH is 1. The second-order valence-electron chi connectivity index (χ2n) is 14.9. The molecule has 3 saturated heterocycles. The van der Waals surface area contributed by atoms with Crippen molar-refractivity contribution in [1.82, 2.24) is 41.7 Å². The van der Waals surface area contributed by atoms with Crippen LogP contribution < -0.4 is 31.9 Å². The number of fused-ring (bicyclic) bond motifs is 2. The highest BCUT2D eigenvalue weighted by Gasteiger charge is 2.45. The lowest BCUT2D eigenvalue weighted by atomic mass is 9.96. The van der Waals surface area contributed by atoms with Crippen molar-refractivity contribution in [2.45, 2.75) is 109 Å². The maximum absolute atomic E-state index is 14.4. The van der Waals surface area contributed by atoms with Crippen molar-refractivity contribution in [3.63, 3.8) is 0 Å². The van der Waals surface area contributed by atoms with Crippen molar-refractivity contribution in [3.05, 3.63) is 29.8 Å². The van der Waals surface area contributed by atoms with Crippen molar-refractivity contribution in [1.29, 1.82) is 0 Å². The molecule has 1 aromatic carbocycles. The van der Waals surface area contributed by atoms with E-state index in [-0.39, 0.29) is 31.2 Å². The van der Waals surface area contributed by atoms with E-state index >= 15 is 0 Å². The molecule has 18 heteroatoms. The molecule has 8 amide bonds. The quantitative estimate of drug-likeness (QED) is 0.154. The first-order chi connectivity index (χ1) is 26.7. The molecule has 1 aromatic rings. The molecule has 18 nitrogen and oxygen atoms in total. The lowest BCUT2D eigenvalue weighted by Gasteiger charge is -2.35. The van der Waals surface area contributed by atoms with Crippen LogP contribution in [0.25, 0.3) is 0 Å². The van der Waals surface area contributed by atoms with E-state index in [2.05, 4.69) is 31.9 Å². The summed E-state index contributed by atoms with van der Waals surface area (Å²) in [5, 5.41) is 35.0. The standard InChI is InChI=1S/C38H56N8O10/c1-5-21(3)31-36(54)42-26(20-47)33(51)40-18-29(49)39-19-30(50)41-25(17-23-11-13-24(48)14-12-23)34(52)44-32(22(4)6-2)38(56)46-16-8-10-28(46)37(55)45-15-7-9-27(45)35(53)43-31/h11-14,21-22,25-28,31-32,47-48H,5-10,15-20H2,1-4H3,(H,39,49)(H,40,51)(H,41,50)(H,42,54)(H,43,53)(H,44,52). The van der Waals surface area contributed by atoms with Gasteiger partial charge in [0.15, 0.2) is 0 Å². The number of aromatic hydroxyl groups is 1. The monoisotopic (exact) mass is 784 g/mol. The molecule has 8 atom stereocenters. The molecule has 3 fully saturated rings. The van der Waals surface area contributed by atoms with Gasteiger partial charge in [0.05, 0.1) is 19.7 Å². The summed E-state index contributed by atoms with van der Waals surface area (Å²) in [6.45, 7) is 5.64. The molecule has 308 valence electrons. The van der Waals surface area contributed by atoms with Gasteiger partial charge in [0.1, 0.15) is 42.0 Å². The number of amides is 8. The van der Waals surface area contributed by atoms with Gasteiger partial charge in [-0.2, -0.15) is 0 Å². The Morgan fingerprint density at radius 2 is 1.21 bits per heavy atom. The van der Waals surface area contributed by atoms with Crippen LogP contribution >= 0.6 is 0 Å². The highest BCUT2D eigenvalue weighted by molar-refractivity contribution is 5.98. The Morgan fingerprint density at radius 3 is 1.84 bits per heavy atom. The molecule has 8 N–H and O–H groups in total. The summed E-state index contributed by atoms with van der Waals surface area (Å²) in [7, 11) is 0. The summed E-state index contributed by atoms with van der Waals surface area (Å²) in [4.78, 5) is 111. The van der Waals surface area contributed by atoms with E-state index in [1.54, 1.807) is 26.0 Å². The molecule has 0 spiro atoms. The predicted octanol–water partition coefficient (Wildman–Crippen LogP) is -1.81. The van der Waals surface area contributed by atoms with E-state index in [0.29, 0.717) is 44.1 Å². The van der Waals surface area contributed by atoms with E-state index in [9.17, 15) is 48.6 Å². The number of carbonyl (C=O) groups excluding carboxylic acids is 8. The molecule has 3 aliphatic rings. The van der Waals surface area contributed by atoms with Crippen molar-refractivity contribution in [3.8, 4) is 5.75 Å². The fraction of sp³-hybridized carbons (Fsp3) is 0.632. The van der Waals surface area contributed by atoms with Crippen LogP contribution in [-0.2, 0) is 44.8 Å². The Balaban J connectivity index is 1.68. The first kappa shape index (κ1) is 43.5. The van der Waals surface area contributed by atoms with Gasteiger partial charge >= 0.3 is 0 Å². The van der Waals surface area contributed by atoms with Gasteiger partial charge in [0, 0.05) is 19.5 Å². The average molecular weight is 785 g/mol. The SMILES string of the molecule is CCC(C)C1NC(=O)C2CCCN2C(=O)C2CCCN2C(=O)C(C(C)CC)NC(=O)C(Cc2ccc(O)cc2)NC(=O)CNC(=O)CNC(=O)C(CO)NC1=O. The number of carbonyl (C=O) groups is 8. The summed E-state index contributed by atoms with van der Waals surface area (Å²) in [6, 6.07) is -0.791. The Bertz CT molecular complexity index is 1620. The maximum Gasteiger partial charge on any atom is 0.246 e. The highest BCUT2D eigenvalue weighted by Crippen LogP contribution is 2.27. The highest BCUT2D eigenvalue weighted by atomic mass is 16.3. The molecule has 56 heavy (non-hydrogen) atoms. The van der Waals surface area contributed by atoms with Crippen molar-refractivity contribution >= 4 is 47.3 Å². The topological polar surface area (TPSA) is 256 Å². The second-order valence-corrected chi connectivity index (χ2v) is 14.9. The Kier molecular flexibility index (Phi) is 15.6. The van der Waals surface area contributed by atoms with E-state index < -0.39 is 109 Å². The minimum absolute atomic E-state index is 0.00763. The van der Waals surface area contributed by atoms with Crippen LogP contribution in [0, 0.1) is 11.8 Å². The van der Waals surface area contributed by atoms with Gasteiger partial charge in [-0.05, 0) is 55.2 Å². The lowest BCUT2D eigenvalue weighted by Crippen LogP contribution is -2.61. The zero-order chi connectivity index (χ0) is 41.1. The maximum atomic E-state index is 14.4. The van der Waals surface area contributed by atoms with Crippen LogP contribution in [0.1, 0.15) is 71.8 Å². The number of phenolic OH excluding ortho intramolecular Hbond substituents is 1. The summed E-state index contributed by atoms with van der Waals surface area (Å²) < 4.78 is 0. The lowest BCUT2D eigenvalue weighted by molar-refractivity contribution is -0.149. The first-order valence-corrected chi connectivity index (χ1v) is 19.4. The number of aliphatic hydroxyl groups is 1. The summed E-state index contributed by atoms with van der Waals surface area (Å²) >= 11 is 0. The van der Waals surface area contributed by atoms with E-state index in [0.717, 1.165) is 0 Å². The molecule has 0 radical (unpaired) electrons. The molecule has 8 unspecified atom stereocenters. The molecular formula is C38H56N8O10. The molecular weight excluding hydrogens is 728 g/mol. The van der Waals surface area contributed by atoms with E-state index in [4.69, 9.17) is 0 Å². The van der Waals surface area contributed by atoms with Gasteiger partial charge in [-0.1, -0.05) is 52.7 Å². The van der Waals surface area contributed by atoms with Crippen molar-refractivity contribution < 1.29 is 48.6 Å². The smallest absolute Gasteiger partial charge is 0.246 e. The fourth-order valence-electron chi connectivity index (χ4n) is 7.16. The average Bonchev–Trinajstić information content (AvgIpc) is 3.89. The number of benzene rings is 1. The van der Waals surface area contributed by atoms with Gasteiger partial charge in [-0.3, -0.25) is 38.4 Å². The van der Waals surface area contributed by atoms with Gasteiger partial charge in [-0.25, -0.2) is 0 Å². The fourth-order valence-corrected chi connectivity index (χ4v) is 7.16. The van der Waals surface area contributed by atoms with Crippen LogP contribution in [0.5, 0.6) is 5.75 Å². The van der Waals surface area contributed by atoms with Crippen LogP contribution in [0.2, 0.25) is 0 Å². The summed E-state index contributed by atoms with van der Waals surface area (Å²) in [6.07, 6.45) is 2.57. The second kappa shape index (κ2) is 20.1. The minimum atomic E-state index is -1.48. The zero-order valence-electron chi connectivity index (χ0n) is 32.5. The molecule has 0 aromatic heterocycles. The number of nitrogens with one attached hydrogen (secondary N) is 6. The number of phenols is 1. The third kappa shape index (κ3) is 10.9. The molecule has 3 aliphatic heterocycles. The summed E-state index contributed by atoms with van der Waals surface area (Å²) in [5.74, 6) is -6.16. The van der Waals surface area contributed by atoms with Crippen molar-refractivity contribution in [2.24, 2.45) is 11.8 Å². The molecule has 0 saturated carbocycles. The third-order valence-electron chi connectivity index (χ3n) is 10.9. The van der Waals surface area contributed by atoms with E-state index in [1.165, 1.54) is 21.9 Å².